The summed E-state index contributed by atoms with van der Waals surface area (Å²) >= 11 is 0. The second-order valence-electron chi connectivity index (χ2n) is 8.52. The number of H-pyrrole nitrogens is 1. The number of para-hydroxylation sites is 1. The minimum atomic E-state index is -0.669. The van der Waals surface area contributed by atoms with Crippen LogP contribution in [0.4, 0.5) is 0 Å². The lowest BCUT2D eigenvalue weighted by Gasteiger charge is -2.25. The molecule has 186 valence electrons. The fourth-order valence-electron chi connectivity index (χ4n) is 4.64. The van der Waals surface area contributed by atoms with Crippen LogP contribution in [0.15, 0.2) is 84.8 Å². The van der Waals surface area contributed by atoms with Gasteiger partial charge in [0.05, 0.1) is 11.6 Å². The maximum absolute atomic E-state index is 13.2. The number of aliphatic hydroxyl groups excluding tert-OH is 1. The molecule has 2 aromatic carbocycles. The van der Waals surface area contributed by atoms with E-state index in [1.54, 1.807) is 29.4 Å². The van der Waals surface area contributed by atoms with E-state index in [2.05, 4.69) is 16.9 Å². The SMILES string of the molecule is CCc1ccc(C2C(=C(O)c3ccncc3)C(=O)C(=O)N2CCc2c[nH]c3ccccc23)cc1.O=C=O. The predicted molar refractivity (Wildman–Crippen MR) is 136 cm³/mol. The first-order valence-electron chi connectivity index (χ1n) is 11.8. The number of likely N-dealkylation sites (tertiary alicyclic amines) is 1. The molecule has 0 radical (unpaired) electrons. The topological polar surface area (TPSA) is 120 Å². The Labute approximate surface area is 213 Å². The third kappa shape index (κ3) is 5.10. The number of fused-ring (bicyclic) bond motifs is 1. The summed E-state index contributed by atoms with van der Waals surface area (Å²) in [6.45, 7) is 2.42. The Kier molecular flexibility index (Phi) is 7.71. The zero-order valence-electron chi connectivity index (χ0n) is 20.2. The molecular weight excluding hydrogens is 470 g/mol. The molecule has 37 heavy (non-hydrogen) atoms. The Hall–Kier alpha value is -4.81. The van der Waals surface area contributed by atoms with Crippen molar-refractivity contribution in [1.82, 2.24) is 14.9 Å². The van der Waals surface area contributed by atoms with Gasteiger partial charge < -0.3 is 15.0 Å². The lowest BCUT2D eigenvalue weighted by molar-refractivity contribution is -0.191. The van der Waals surface area contributed by atoms with Gasteiger partial charge in [-0.15, -0.1) is 0 Å². The van der Waals surface area contributed by atoms with Crippen LogP contribution >= 0.6 is 0 Å². The molecule has 3 heterocycles. The summed E-state index contributed by atoms with van der Waals surface area (Å²) in [6, 6.07) is 18.5. The first-order chi connectivity index (χ1) is 18.0. The standard InChI is InChI=1S/C28H25N3O3.CO2/c1-2-18-7-9-19(10-8-18)25-24(26(32)20-11-14-29-15-12-20)27(33)28(34)31(25)16-13-21-17-30-23-6-4-3-5-22(21)23;2-1-3/h3-12,14-15,17,25,30,32H,2,13,16H2,1H3;. The Morgan fingerprint density at radius 3 is 2.38 bits per heavy atom. The van der Waals surface area contributed by atoms with Crippen LogP contribution in [0, 0.1) is 0 Å². The second kappa shape index (κ2) is 11.3. The van der Waals surface area contributed by atoms with Gasteiger partial charge in [-0.2, -0.15) is 9.59 Å². The highest BCUT2D eigenvalue weighted by atomic mass is 16.3. The Morgan fingerprint density at radius 2 is 1.70 bits per heavy atom. The van der Waals surface area contributed by atoms with E-state index in [1.165, 1.54) is 0 Å². The summed E-state index contributed by atoms with van der Waals surface area (Å²) < 4.78 is 0. The minimum Gasteiger partial charge on any atom is -0.507 e. The van der Waals surface area contributed by atoms with Crippen LogP contribution in [-0.4, -0.2) is 44.4 Å². The highest BCUT2D eigenvalue weighted by molar-refractivity contribution is 6.46. The van der Waals surface area contributed by atoms with Gasteiger partial charge in [-0.1, -0.05) is 49.4 Å². The number of hydrogen-bond donors (Lipinski definition) is 2. The van der Waals surface area contributed by atoms with Crippen molar-refractivity contribution in [3.63, 3.8) is 0 Å². The molecule has 4 aromatic rings. The molecule has 0 bridgehead atoms. The van der Waals surface area contributed by atoms with Crippen LogP contribution in [0.5, 0.6) is 0 Å². The Bertz CT molecular complexity index is 1480. The van der Waals surface area contributed by atoms with Gasteiger partial charge in [-0.25, -0.2) is 0 Å². The predicted octanol–water partition coefficient (Wildman–Crippen LogP) is 4.21. The lowest BCUT2D eigenvalue weighted by atomic mass is 9.94. The zero-order chi connectivity index (χ0) is 26.4. The van der Waals surface area contributed by atoms with Gasteiger partial charge in [0.2, 0.25) is 0 Å². The number of nitrogens with zero attached hydrogens (tertiary/aromatic N) is 2. The van der Waals surface area contributed by atoms with E-state index >= 15 is 0 Å². The maximum atomic E-state index is 13.2. The molecule has 2 aromatic heterocycles. The molecule has 5 rings (SSSR count). The van der Waals surface area contributed by atoms with Crippen LogP contribution in [0.3, 0.4) is 0 Å². The van der Waals surface area contributed by atoms with Crippen LogP contribution < -0.4 is 0 Å². The number of aliphatic hydroxyl groups is 1. The first kappa shape index (κ1) is 25.3. The molecule has 1 saturated heterocycles. The molecule has 8 heteroatoms. The van der Waals surface area contributed by atoms with E-state index in [0.29, 0.717) is 18.5 Å². The largest absolute Gasteiger partial charge is 0.507 e. The fraction of sp³-hybridized carbons (Fsp3) is 0.172. The number of amides is 1. The average Bonchev–Trinajstić information content (AvgIpc) is 3.46. The molecule has 0 spiro atoms. The molecule has 2 N–H and O–H groups in total. The fourth-order valence-corrected chi connectivity index (χ4v) is 4.64. The third-order valence-corrected chi connectivity index (χ3v) is 6.49. The third-order valence-electron chi connectivity index (χ3n) is 6.49. The number of Topliss-reactive ketones (excluding diaryl/α,β-unsaturated/α-hetero) is 1. The van der Waals surface area contributed by atoms with Crippen LogP contribution in [-0.2, 0) is 32.0 Å². The van der Waals surface area contributed by atoms with Crippen LogP contribution in [0.25, 0.3) is 16.7 Å². The number of carbonyl (C=O) groups excluding carboxylic acids is 4. The minimum absolute atomic E-state index is 0.111. The van der Waals surface area contributed by atoms with Crippen molar-refractivity contribution >= 4 is 34.5 Å². The van der Waals surface area contributed by atoms with E-state index in [-0.39, 0.29) is 17.5 Å². The summed E-state index contributed by atoms with van der Waals surface area (Å²) in [5.41, 5.74) is 4.63. The second-order valence-corrected chi connectivity index (χ2v) is 8.52. The van der Waals surface area contributed by atoms with Crippen molar-refractivity contribution in [3.05, 3.63) is 107 Å². The van der Waals surface area contributed by atoms with Crippen LogP contribution in [0.2, 0.25) is 0 Å². The molecule has 1 fully saturated rings. The van der Waals surface area contributed by atoms with Crippen molar-refractivity contribution in [2.45, 2.75) is 25.8 Å². The summed E-state index contributed by atoms with van der Waals surface area (Å²) in [4.78, 5) is 51.4. The Morgan fingerprint density at radius 1 is 1.03 bits per heavy atom. The van der Waals surface area contributed by atoms with Gasteiger partial charge in [-0.05, 0) is 47.7 Å². The van der Waals surface area contributed by atoms with Crippen LogP contribution in [0.1, 0.15) is 35.2 Å². The zero-order valence-corrected chi connectivity index (χ0v) is 20.2. The van der Waals surface area contributed by atoms with E-state index in [1.807, 2.05) is 54.7 Å². The normalized spacial score (nSPS) is 16.4. The van der Waals surface area contributed by atoms with Gasteiger partial charge in [0.15, 0.2) is 0 Å². The highest BCUT2D eigenvalue weighted by Crippen LogP contribution is 2.39. The molecule has 8 nitrogen and oxygen atoms in total. The molecule has 0 aliphatic carbocycles. The monoisotopic (exact) mass is 495 g/mol. The number of aromatic nitrogens is 2. The number of rotatable bonds is 6. The molecule has 1 amide bonds. The highest BCUT2D eigenvalue weighted by Gasteiger charge is 2.45. The van der Waals surface area contributed by atoms with Crippen molar-refractivity contribution in [1.29, 1.82) is 0 Å². The quantitative estimate of drug-likeness (QED) is 0.235. The number of benzene rings is 2. The van der Waals surface area contributed by atoms with E-state index in [0.717, 1.165) is 34.0 Å². The van der Waals surface area contributed by atoms with Crippen molar-refractivity contribution in [3.8, 4) is 0 Å². The van der Waals surface area contributed by atoms with Gasteiger partial charge >= 0.3 is 6.15 Å². The first-order valence-corrected chi connectivity index (χ1v) is 11.8. The lowest BCUT2D eigenvalue weighted by Crippen LogP contribution is -2.31. The van der Waals surface area contributed by atoms with Gasteiger partial charge in [0.1, 0.15) is 5.76 Å². The number of aryl methyl sites for hydroxylation is 1. The smallest absolute Gasteiger partial charge is 0.373 e. The van der Waals surface area contributed by atoms with Gasteiger partial charge in [0, 0.05) is 41.6 Å². The number of nitrogens with one attached hydrogen (secondary N) is 1. The van der Waals surface area contributed by atoms with E-state index in [4.69, 9.17) is 9.59 Å². The van der Waals surface area contributed by atoms with E-state index < -0.39 is 17.7 Å². The summed E-state index contributed by atoms with van der Waals surface area (Å²) in [7, 11) is 0. The molecule has 0 saturated carbocycles. The Balaban J connectivity index is 0.00000102. The number of ketones is 1. The number of carbonyl (C=O) groups is 2. The summed E-state index contributed by atoms with van der Waals surface area (Å²) in [6.07, 6.45) is 6.76. The van der Waals surface area contributed by atoms with Gasteiger partial charge in [-0.3, -0.25) is 14.6 Å². The van der Waals surface area contributed by atoms with Crippen molar-refractivity contribution in [2.75, 3.05) is 6.54 Å². The number of pyridine rings is 1. The summed E-state index contributed by atoms with van der Waals surface area (Å²) in [5, 5.41) is 12.2. The summed E-state index contributed by atoms with van der Waals surface area (Å²) in [5.74, 6) is -1.45. The molecule has 1 aliphatic heterocycles. The van der Waals surface area contributed by atoms with Crippen molar-refractivity contribution in [2.24, 2.45) is 0 Å². The molecule has 1 atom stereocenters. The molecule has 1 unspecified atom stereocenters. The van der Waals surface area contributed by atoms with Gasteiger partial charge in [0.25, 0.3) is 11.7 Å². The number of hydrogen-bond acceptors (Lipinski definition) is 6. The molecule has 1 aliphatic rings. The van der Waals surface area contributed by atoms with E-state index in [9.17, 15) is 14.7 Å². The average molecular weight is 496 g/mol. The number of aromatic amines is 1. The van der Waals surface area contributed by atoms with Crippen molar-refractivity contribution < 1.29 is 24.3 Å². The maximum Gasteiger partial charge on any atom is 0.373 e. The molecular formula is C29H25N3O5.